The number of ether oxygens (including phenoxy) is 3. The van der Waals surface area contributed by atoms with Gasteiger partial charge in [-0.05, 0) is 66.4 Å². The molecule has 0 aliphatic heterocycles. The lowest BCUT2D eigenvalue weighted by molar-refractivity contribution is -0.143. The fourth-order valence-corrected chi connectivity index (χ4v) is 4.54. The van der Waals surface area contributed by atoms with Crippen molar-refractivity contribution in [1.29, 1.82) is 0 Å². The van der Waals surface area contributed by atoms with Crippen LogP contribution in [0.3, 0.4) is 0 Å². The van der Waals surface area contributed by atoms with Crippen LogP contribution in [0.1, 0.15) is 38.3 Å². The van der Waals surface area contributed by atoms with Gasteiger partial charge in [0.15, 0.2) is 0 Å². The molecule has 4 nitrogen and oxygen atoms in total. The van der Waals surface area contributed by atoms with Crippen molar-refractivity contribution in [2.24, 2.45) is 0 Å². The maximum absolute atomic E-state index is 14.7. The van der Waals surface area contributed by atoms with E-state index in [9.17, 15) is 9.18 Å². The number of rotatable bonds is 11. The number of hydrogen-bond acceptors (Lipinski definition) is 5. The molecule has 0 aromatic heterocycles. The van der Waals surface area contributed by atoms with Gasteiger partial charge in [0, 0.05) is 22.1 Å². The number of thioether (sulfide) groups is 1. The molecule has 3 aromatic rings. The predicted molar refractivity (Wildman–Crippen MR) is 135 cm³/mol. The molecule has 6 heteroatoms. The Bertz CT molecular complexity index is 1110. The Morgan fingerprint density at radius 3 is 2.53 bits per heavy atom. The van der Waals surface area contributed by atoms with Gasteiger partial charge in [0.25, 0.3) is 0 Å². The molecule has 3 rings (SSSR count). The van der Waals surface area contributed by atoms with E-state index in [-0.39, 0.29) is 11.8 Å². The summed E-state index contributed by atoms with van der Waals surface area (Å²) in [7, 11) is 1.58. The normalized spacial score (nSPS) is 10.9. The molecular weight excluding hydrogens is 451 g/mol. The molecule has 34 heavy (non-hydrogen) atoms. The summed E-state index contributed by atoms with van der Waals surface area (Å²) in [6.07, 6.45) is 0.946. The number of halogens is 1. The summed E-state index contributed by atoms with van der Waals surface area (Å²) in [5.74, 6) is 0.876. The first-order valence-corrected chi connectivity index (χ1v) is 12.3. The summed E-state index contributed by atoms with van der Waals surface area (Å²) in [6.45, 7) is 6.80. The molecule has 0 spiro atoms. The van der Waals surface area contributed by atoms with Gasteiger partial charge >= 0.3 is 5.97 Å². The van der Waals surface area contributed by atoms with Crippen LogP contribution in [0.2, 0.25) is 0 Å². The topological polar surface area (TPSA) is 44.8 Å². The number of aryl methyl sites for hydroxylation is 1. The minimum Gasteiger partial charge on any atom is -0.497 e. The van der Waals surface area contributed by atoms with Gasteiger partial charge in [-0.15, -0.1) is 11.8 Å². The highest BCUT2D eigenvalue weighted by molar-refractivity contribution is 8.00. The largest absolute Gasteiger partial charge is 0.497 e. The fraction of sp³-hybridized carbons (Fsp3) is 0.321. The second-order valence-electron chi connectivity index (χ2n) is 8.08. The standard InChI is InChI=1S/C28H31FO4S/c1-5-32-28(30)14-10-20-7-6-8-23(15-20)33-18-21-9-12-24(27(16-21)34-19(2)3)25-17-22(31-4)11-13-26(25)29/h6-9,11-13,15-17,19H,5,10,14,18H2,1-4H3. The van der Waals surface area contributed by atoms with Gasteiger partial charge in [-0.2, -0.15) is 0 Å². The van der Waals surface area contributed by atoms with Crippen LogP contribution in [0.5, 0.6) is 11.5 Å². The first-order valence-electron chi connectivity index (χ1n) is 11.4. The van der Waals surface area contributed by atoms with Gasteiger partial charge in [0.2, 0.25) is 0 Å². The van der Waals surface area contributed by atoms with E-state index in [2.05, 4.69) is 19.9 Å². The smallest absolute Gasteiger partial charge is 0.306 e. The van der Waals surface area contributed by atoms with Crippen molar-refractivity contribution in [1.82, 2.24) is 0 Å². The van der Waals surface area contributed by atoms with Gasteiger partial charge in [0.05, 0.1) is 13.7 Å². The SMILES string of the molecule is CCOC(=O)CCc1cccc(OCc2ccc(-c3cc(OC)ccc3F)c(SC(C)C)c2)c1. The zero-order valence-electron chi connectivity index (χ0n) is 20.1. The van der Waals surface area contributed by atoms with Crippen LogP contribution in [-0.4, -0.2) is 24.9 Å². The van der Waals surface area contributed by atoms with Gasteiger partial charge < -0.3 is 14.2 Å². The Balaban J connectivity index is 1.76. The van der Waals surface area contributed by atoms with E-state index < -0.39 is 0 Å². The highest BCUT2D eigenvalue weighted by Crippen LogP contribution is 2.37. The van der Waals surface area contributed by atoms with Crippen LogP contribution < -0.4 is 9.47 Å². The molecule has 0 fully saturated rings. The summed E-state index contributed by atoms with van der Waals surface area (Å²) in [5, 5.41) is 0.333. The molecule has 3 aromatic carbocycles. The fourth-order valence-electron chi connectivity index (χ4n) is 3.51. The molecule has 0 saturated heterocycles. The van der Waals surface area contributed by atoms with Crippen LogP contribution in [0.15, 0.2) is 65.6 Å². The third-order valence-corrected chi connectivity index (χ3v) is 6.16. The monoisotopic (exact) mass is 482 g/mol. The van der Waals surface area contributed by atoms with Crippen molar-refractivity contribution in [3.05, 3.63) is 77.6 Å². The average Bonchev–Trinajstić information content (AvgIpc) is 2.82. The molecular formula is C28H31FO4S. The molecule has 0 bridgehead atoms. The molecule has 0 aliphatic rings. The minimum atomic E-state index is -0.282. The summed E-state index contributed by atoms with van der Waals surface area (Å²) in [6, 6.07) is 18.5. The summed E-state index contributed by atoms with van der Waals surface area (Å²) < 4.78 is 31.0. The van der Waals surface area contributed by atoms with E-state index >= 15 is 0 Å². The number of methoxy groups -OCH3 is 1. The van der Waals surface area contributed by atoms with Crippen molar-refractivity contribution < 1.29 is 23.4 Å². The van der Waals surface area contributed by atoms with Gasteiger partial charge in [0.1, 0.15) is 23.9 Å². The molecule has 0 saturated carbocycles. The van der Waals surface area contributed by atoms with E-state index in [0.29, 0.717) is 42.6 Å². The Hall–Kier alpha value is -2.99. The average molecular weight is 483 g/mol. The van der Waals surface area contributed by atoms with Crippen LogP contribution >= 0.6 is 11.8 Å². The number of benzene rings is 3. The van der Waals surface area contributed by atoms with E-state index in [1.807, 2.05) is 36.4 Å². The highest BCUT2D eigenvalue weighted by atomic mass is 32.2. The lowest BCUT2D eigenvalue weighted by Gasteiger charge is -2.15. The maximum Gasteiger partial charge on any atom is 0.306 e. The van der Waals surface area contributed by atoms with Gasteiger partial charge in [-0.25, -0.2) is 4.39 Å². The Morgan fingerprint density at radius 2 is 1.79 bits per heavy atom. The van der Waals surface area contributed by atoms with Crippen molar-refractivity contribution in [3.8, 4) is 22.6 Å². The summed E-state index contributed by atoms with van der Waals surface area (Å²) >= 11 is 1.69. The molecule has 0 unspecified atom stereocenters. The third kappa shape index (κ3) is 7.26. The summed E-state index contributed by atoms with van der Waals surface area (Å²) in [5.41, 5.74) is 3.36. The van der Waals surface area contributed by atoms with Crippen LogP contribution in [0.25, 0.3) is 11.1 Å². The quantitative estimate of drug-likeness (QED) is 0.216. The predicted octanol–water partition coefficient (Wildman–Crippen LogP) is 7.08. The van der Waals surface area contributed by atoms with Crippen molar-refractivity contribution in [2.75, 3.05) is 13.7 Å². The first-order chi connectivity index (χ1) is 16.4. The van der Waals surface area contributed by atoms with Crippen molar-refractivity contribution >= 4 is 17.7 Å². The zero-order valence-corrected chi connectivity index (χ0v) is 20.9. The van der Waals surface area contributed by atoms with Gasteiger partial charge in [-0.3, -0.25) is 4.79 Å². The van der Waals surface area contributed by atoms with Crippen LogP contribution in [0, 0.1) is 5.82 Å². The summed E-state index contributed by atoms with van der Waals surface area (Å²) in [4.78, 5) is 12.6. The second-order valence-corrected chi connectivity index (χ2v) is 9.70. The molecule has 0 radical (unpaired) electrons. The molecule has 180 valence electrons. The molecule has 0 heterocycles. The number of esters is 1. The zero-order chi connectivity index (χ0) is 24.5. The third-order valence-electron chi connectivity index (χ3n) is 5.10. The van der Waals surface area contributed by atoms with Crippen LogP contribution in [0.4, 0.5) is 4.39 Å². The van der Waals surface area contributed by atoms with E-state index in [0.717, 1.165) is 27.3 Å². The lowest BCUT2D eigenvalue weighted by Crippen LogP contribution is -2.05. The second kappa shape index (κ2) is 12.5. The lowest BCUT2D eigenvalue weighted by atomic mass is 10.0. The molecule has 0 atom stereocenters. The Morgan fingerprint density at radius 1 is 0.971 bits per heavy atom. The van der Waals surface area contributed by atoms with Crippen molar-refractivity contribution in [3.63, 3.8) is 0 Å². The first kappa shape index (κ1) is 25.6. The maximum atomic E-state index is 14.7. The van der Waals surface area contributed by atoms with E-state index in [1.165, 1.54) is 6.07 Å². The van der Waals surface area contributed by atoms with Crippen molar-refractivity contribution in [2.45, 2.75) is 50.4 Å². The number of carbonyl (C=O) groups excluding carboxylic acids is 1. The Labute approximate surface area is 205 Å². The highest BCUT2D eigenvalue weighted by Gasteiger charge is 2.14. The molecule has 0 aliphatic carbocycles. The van der Waals surface area contributed by atoms with Crippen LogP contribution in [-0.2, 0) is 22.6 Å². The molecule has 0 N–H and O–H groups in total. The minimum absolute atomic E-state index is 0.198. The number of hydrogen-bond donors (Lipinski definition) is 0. The Kier molecular flexibility index (Phi) is 9.40. The van der Waals surface area contributed by atoms with E-state index in [4.69, 9.17) is 14.2 Å². The number of carbonyl (C=O) groups is 1. The molecule has 0 amide bonds. The van der Waals surface area contributed by atoms with E-state index in [1.54, 1.807) is 37.9 Å². The van der Waals surface area contributed by atoms with Gasteiger partial charge in [-0.1, -0.05) is 38.1 Å².